The maximum Gasteiger partial charge on any atom is 0.112 e. The quantitative estimate of drug-likeness (QED) is 0.759. The molecule has 1 atom stereocenters. The molecule has 3 heteroatoms. The van der Waals surface area contributed by atoms with Crippen molar-refractivity contribution < 1.29 is 0 Å². The van der Waals surface area contributed by atoms with E-state index in [1.807, 2.05) is 0 Å². The Morgan fingerprint density at radius 3 is 2.88 bits per heavy atom. The molecule has 1 aromatic heterocycles. The van der Waals surface area contributed by atoms with Gasteiger partial charge in [-0.1, -0.05) is 19.8 Å². The van der Waals surface area contributed by atoms with Crippen molar-refractivity contribution in [2.24, 2.45) is 5.73 Å². The van der Waals surface area contributed by atoms with Crippen LogP contribution in [0.3, 0.4) is 0 Å². The van der Waals surface area contributed by atoms with Gasteiger partial charge in [0.25, 0.3) is 0 Å². The van der Waals surface area contributed by atoms with Gasteiger partial charge in [0, 0.05) is 23.6 Å². The molecule has 3 N–H and O–H groups in total. The Morgan fingerprint density at radius 1 is 1.38 bits per heavy atom. The molecular formula is C13H21N3. The summed E-state index contributed by atoms with van der Waals surface area (Å²) < 4.78 is 0. The molecule has 1 heterocycles. The molecule has 0 amide bonds. The monoisotopic (exact) mass is 219 g/mol. The van der Waals surface area contributed by atoms with E-state index in [0.29, 0.717) is 11.5 Å². The molecule has 1 unspecified atom stereocenters. The molecule has 3 rings (SSSR count). The fourth-order valence-electron chi connectivity index (χ4n) is 3.19. The van der Waals surface area contributed by atoms with Crippen LogP contribution in [0.5, 0.6) is 0 Å². The average molecular weight is 219 g/mol. The van der Waals surface area contributed by atoms with Crippen LogP contribution < -0.4 is 5.73 Å². The van der Waals surface area contributed by atoms with Crippen LogP contribution in [0, 0.1) is 0 Å². The Bertz CT molecular complexity index is 388. The topological polar surface area (TPSA) is 54.7 Å². The molecule has 0 saturated heterocycles. The van der Waals surface area contributed by atoms with Crippen LogP contribution in [0.2, 0.25) is 0 Å². The minimum Gasteiger partial charge on any atom is -0.345 e. The summed E-state index contributed by atoms with van der Waals surface area (Å²) in [5, 5.41) is 0. The first-order valence-electron chi connectivity index (χ1n) is 6.51. The first-order valence-corrected chi connectivity index (χ1v) is 6.51. The molecule has 0 aromatic carbocycles. The lowest BCUT2D eigenvalue weighted by Gasteiger charge is -2.20. The van der Waals surface area contributed by atoms with E-state index in [1.165, 1.54) is 42.9 Å². The lowest BCUT2D eigenvalue weighted by Crippen LogP contribution is -2.27. The van der Waals surface area contributed by atoms with Crippen LogP contribution in [0.1, 0.15) is 56.2 Å². The van der Waals surface area contributed by atoms with E-state index >= 15 is 0 Å². The third-order valence-corrected chi connectivity index (χ3v) is 4.36. The van der Waals surface area contributed by atoms with Gasteiger partial charge in [-0.2, -0.15) is 0 Å². The highest BCUT2D eigenvalue weighted by atomic mass is 15.0. The molecule has 2 aliphatic carbocycles. The second-order valence-electron chi connectivity index (χ2n) is 5.78. The number of aromatic nitrogens is 2. The smallest absolute Gasteiger partial charge is 0.112 e. The molecule has 1 saturated carbocycles. The number of rotatable bonds is 1. The van der Waals surface area contributed by atoms with Crippen molar-refractivity contribution in [3.8, 4) is 0 Å². The van der Waals surface area contributed by atoms with Gasteiger partial charge in [-0.05, 0) is 25.7 Å². The summed E-state index contributed by atoms with van der Waals surface area (Å²) in [6.45, 7) is 2.35. The van der Waals surface area contributed by atoms with Gasteiger partial charge >= 0.3 is 0 Å². The van der Waals surface area contributed by atoms with Gasteiger partial charge in [0.05, 0.1) is 5.69 Å². The molecular weight excluding hydrogens is 198 g/mol. The fraction of sp³-hybridized carbons (Fsp3) is 0.769. The Hall–Kier alpha value is -0.830. The average Bonchev–Trinajstić information content (AvgIpc) is 2.84. The largest absolute Gasteiger partial charge is 0.345 e. The SMILES string of the molecule is CC1(c2nc3c([nH]2)CC(N)CC3)CCCC1. The predicted molar refractivity (Wildman–Crippen MR) is 64.4 cm³/mol. The number of hydrogen-bond acceptors (Lipinski definition) is 2. The van der Waals surface area contributed by atoms with Crippen LogP contribution in [0.15, 0.2) is 0 Å². The van der Waals surface area contributed by atoms with Gasteiger partial charge in [0.1, 0.15) is 5.82 Å². The number of hydrogen-bond donors (Lipinski definition) is 2. The van der Waals surface area contributed by atoms with Gasteiger partial charge in [-0.25, -0.2) is 4.98 Å². The van der Waals surface area contributed by atoms with Crippen molar-refractivity contribution in [3.63, 3.8) is 0 Å². The highest BCUT2D eigenvalue weighted by molar-refractivity contribution is 5.23. The number of H-pyrrole nitrogens is 1. The van der Waals surface area contributed by atoms with E-state index in [4.69, 9.17) is 10.7 Å². The van der Waals surface area contributed by atoms with E-state index in [-0.39, 0.29) is 0 Å². The van der Waals surface area contributed by atoms with Crippen molar-refractivity contribution in [1.82, 2.24) is 9.97 Å². The number of nitrogens with zero attached hydrogens (tertiary/aromatic N) is 1. The van der Waals surface area contributed by atoms with E-state index in [0.717, 1.165) is 19.3 Å². The summed E-state index contributed by atoms with van der Waals surface area (Å²) >= 11 is 0. The van der Waals surface area contributed by atoms with Crippen LogP contribution in [-0.2, 0) is 18.3 Å². The van der Waals surface area contributed by atoms with Crippen LogP contribution >= 0.6 is 0 Å². The summed E-state index contributed by atoms with van der Waals surface area (Å²) in [5.41, 5.74) is 8.89. The standard InChI is InChI=1S/C13H21N3/c1-13(6-2-3-7-13)12-15-10-5-4-9(14)8-11(10)16-12/h9H,2-8,14H2,1H3,(H,15,16). The number of nitrogens with one attached hydrogen (secondary N) is 1. The maximum absolute atomic E-state index is 6.00. The van der Waals surface area contributed by atoms with Crippen LogP contribution in [0.4, 0.5) is 0 Å². The molecule has 16 heavy (non-hydrogen) atoms. The number of aromatic amines is 1. The van der Waals surface area contributed by atoms with Gasteiger partial charge < -0.3 is 10.7 Å². The zero-order valence-electron chi connectivity index (χ0n) is 10.1. The fourth-order valence-corrected chi connectivity index (χ4v) is 3.19. The van der Waals surface area contributed by atoms with Gasteiger partial charge in [-0.3, -0.25) is 0 Å². The highest BCUT2D eigenvalue weighted by Crippen LogP contribution is 2.39. The Labute approximate surface area is 96.8 Å². The Balaban J connectivity index is 1.92. The molecule has 1 aromatic rings. The first kappa shape index (κ1) is 10.3. The van der Waals surface area contributed by atoms with Crippen molar-refractivity contribution in [3.05, 3.63) is 17.2 Å². The Morgan fingerprint density at radius 2 is 2.12 bits per heavy atom. The van der Waals surface area contributed by atoms with E-state index < -0.39 is 0 Å². The normalized spacial score (nSPS) is 28.0. The lowest BCUT2D eigenvalue weighted by molar-refractivity contribution is 0.462. The summed E-state index contributed by atoms with van der Waals surface area (Å²) in [6, 6.07) is 0.331. The van der Waals surface area contributed by atoms with Crippen molar-refractivity contribution in [1.29, 1.82) is 0 Å². The molecule has 0 radical (unpaired) electrons. The second-order valence-corrected chi connectivity index (χ2v) is 5.78. The molecule has 0 bridgehead atoms. The molecule has 0 aliphatic heterocycles. The number of fused-ring (bicyclic) bond motifs is 1. The highest BCUT2D eigenvalue weighted by Gasteiger charge is 2.34. The van der Waals surface area contributed by atoms with E-state index in [9.17, 15) is 0 Å². The lowest BCUT2D eigenvalue weighted by atomic mass is 9.88. The number of imidazole rings is 1. The zero-order chi connectivity index (χ0) is 11.2. The van der Waals surface area contributed by atoms with Crippen molar-refractivity contribution >= 4 is 0 Å². The third kappa shape index (κ3) is 1.58. The summed E-state index contributed by atoms with van der Waals surface area (Å²) in [6.07, 6.45) is 8.40. The minimum atomic E-state index is 0.307. The molecule has 0 spiro atoms. The maximum atomic E-state index is 6.00. The van der Waals surface area contributed by atoms with E-state index in [2.05, 4.69) is 11.9 Å². The minimum absolute atomic E-state index is 0.307. The van der Waals surface area contributed by atoms with Crippen molar-refractivity contribution in [2.45, 2.75) is 63.3 Å². The second kappa shape index (κ2) is 3.59. The molecule has 88 valence electrons. The molecule has 2 aliphatic rings. The Kier molecular flexibility index (Phi) is 2.32. The first-order chi connectivity index (χ1) is 7.67. The van der Waals surface area contributed by atoms with Crippen LogP contribution in [0.25, 0.3) is 0 Å². The molecule has 3 nitrogen and oxygen atoms in total. The number of nitrogens with two attached hydrogens (primary N) is 1. The van der Waals surface area contributed by atoms with Crippen molar-refractivity contribution in [2.75, 3.05) is 0 Å². The zero-order valence-corrected chi connectivity index (χ0v) is 10.1. The third-order valence-electron chi connectivity index (χ3n) is 4.36. The van der Waals surface area contributed by atoms with Crippen LogP contribution in [-0.4, -0.2) is 16.0 Å². The predicted octanol–water partition coefficient (Wildman–Crippen LogP) is 2.06. The van der Waals surface area contributed by atoms with Gasteiger partial charge in [0.15, 0.2) is 0 Å². The van der Waals surface area contributed by atoms with E-state index in [1.54, 1.807) is 0 Å². The summed E-state index contributed by atoms with van der Waals surface area (Å²) in [7, 11) is 0. The molecule has 1 fully saturated rings. The number of aryl methyl sites for hydroxylation is 1. The van der Waals surface area contributed by atoms with Gasteiger partial charge in [-0.15, -0.1) is 0 Å². The summed E-state index contributed by atoms with van der Waals surface area (Å²) in [5.74, 6) is 1.23. The van der Waals surface area contributed by atoms with Gasteiger partial charge in [0.2, 0.25) is 0 Å². The summed E-state index contributed by atoms with van der Waals surface area (Å²) in [4.78, 5) is 8.38.